The number of rotatable bonds is 0. The van der Waals surface area contributed by atoms with Crippen molar-refractivity contribution in [2.24, 2.45) is 0 Å². The first-order chi connectivity index (χ1) is 6.64. The molecular formula is C10H13Cl3O2. The summed E-state index contributed by atoms with van der Waals surface area (Å²) in [7, 11) is 0. The molecule has 0 atom stereocenters. The maximum Gasteiger partial charge on any atom is 0.218 e. The Morgan fingerprint density at radius 3 is 1.47 bits per heavy atom. The zero-order chi connectivity index (χ0) is 12.1. The van der Waals surface area contributed by atoms with Gasteiger partial charge in [0.05, 0.1) is 0 Å². The Balaban J connectivity index is 0.000000262. The highest BCUT2D eigenvalue weighted by atomic mass is 35.6. The minimum atomic E-state index is -1.59. The first-order valence-corrected chi connectivity index (χ1v) is 5.31. The van der Waals surface area contributed by atoms with Crippen molar-refractivity contribution in [2.45, 2.75) is 23.2 Å². The van der Waals surface area contributed by atoms with Gasteiger partial charge in [-0.25, -0.2) is 0 Å². The second-order valence-electron chi connectivity index (χ2n) is 3.39. The lowest BCUT2D eigenvalue weighted by molar-refractivity contribution is 0.0847. The Morgan fingerprint density at radius 1 is 1.00 bits per heavy atom. The van der Waals surface area contributed by atoms with Crippen LogP contribution in [0.5, 0.6) is 5.75 Å². The highest BCUT2D eigenvalue weighted by Gasteiger charge is 2.38. The van der Waals surface area contributed by atoms with Crippen LogP contribution in [0.4, 0.5) is 0 Å². The SMILES string of the molecule is CC(C)(O)C(Cl)(Cl)Cl.Oc1ccccc1. The summed E-state index contributed by atoms with van der Waals surface area (Å²) < 4.78 is -1.59. The van der Waals surface area contributed by atoms with Crippen LogP contribution in [0, 0.1) is 0 Å². The predicted molar refractivity (Wildman–Crippen MR) is 64.7 cm³/mol. The first kappa shape index (κ1) is 14.8. The largest absolute Gasteiger partial charge is 0.508 e. The summed E-state index contributed by atoms with van der Waals surface area (Å²) in [4.78, 5) is 0. The Kier molecular flexibility index (Phi) is 5.75. The van der Waals surface area contributed by atoms with Crippen molar-refractivity contribution >= 4 is 34.8 Å². The van der Waals surface area contributed by atoms with Crippen molar-refractivity contribution in [3.63, 3.8) is 0 Å². The Labute approximate surface area is 104 Å². The number of para-hydroxylation sites is 1. The van der Waals surface area contributed by atoms with Crippen LogP contribution in [0.1, 0.15) is 13.8 Å². The van der Waals surface area contributed by atoms with Crippen LogP contribution in [0.3, 0.4) is 0 Å². The standard InChI is InChI=1S/C6H6O.C4H7Cl3O/c7-6-4-2-1-3-5-6;1-3(2,8)4(5,6)7/h1-5,7H;8H,1-2H3. The maximum atomic E-state index is 8.96. The molecule has 0 aliphatic heterocycles. The minimum absolute atomic E-state index is 0.322. The third-order valence-electron chi connectivity index (χ3n) is 1.45. The van der Waals surface area contributed by atoms with Crippen molar-refractivity contribution in [3.8, 4) is 5.75 Å². The summed E-state index contributed by atoms with van der Waals surface area (Å²) in [6.07, 6.45) is 0. The van der Waals surface area contributed by atoms with Gasteiger partial charge in [-0.05, 0) is 26.0 Å². The molecule has 0 saturated carbocycles. The highest BCUT2D eigenvalue weighted by molar-refractivity contribution is 6.68. The van der Waals surface area contributed by atoms with Gasteiger partial charge in [-0.3, -0.25) is 0 Å². The fourth-order valence-electron chi connectivity index (χ4n) is 0.428. The van der Waals surface area contributed by atoms with E-state index in [0.29, 0.717) is 5.75 Å². The topological polar surface area (TPSA) is 40.5 Å². The van der Waals surface area contributed by atoms with Crippen LogP contribution >= 0.6 is 34.8 Å². The molecule has 0 amide bonds. The third-order valence-corrected chi connectivity index (χ3v) is 2.84. The molecule has 0 saturated heterocycles. The van der Waals surface area contributed by atoms with E-state index in [1.165, 1.54) is 13.8 Å². The summed E-state index contributed by atoms with van der Waals surface area (Å²) in [5.41, 5.74) is -1.27. The molecule has 0 fully saturated rings. The van der Waals surface area contributed by atoms with Crippen LogP contribution in [-0.2, 0) is 0 Å². The molecule has 1 aromatic carbocycles. The van der Waals surface area contributed by atoms with Gasteiger partial charge in [0.15, 0.2) is 0 Å². The molecular weight excluding hydrogens is 258 g/mol. The van der Waals surface area contributed by atoms with Crippen LogP contribution in [-0.4, -0.2) is 19.6 Å². The molecule has 2 N–H and O–H groups in total. The van der Waals surface area contributed by atoms with Gasteiger partial charge in [0, 0.05) is 0 Å². The van der Waals surface area contributed by atoms with Gasteiger partial charge in [0.1, 0.15) is 11.4 Å². The van der Waals surface area contributed by atoms with E-state index in [0.717, 1.165) is 0 Å². The van der Waals surface area contributed by atoms with E-state index in [9.17, 15) is 0 Å². The van der Waals surface area contributed by atoms with Crippen molar-refractivity contribution in [1.82, 2.24) is 0 Å². The average molecular weight is 272 g/mol. The van der Waals surface area contributed by atoms with Crippen LogP contribution in [0.15, 0.2) is 30.3 Å². The number of aromatic hydroxyl groups is 1. The van der Waals surface area contributed by atoms with Gasteiger partial charge < -0.3 is 10.2 Å². The molecule has 15 heavy (non-hydrogen) atoms. The smallest absolute Gasteiger partial charge is 0.218 e. The molecule has 1 aromatic rings. The van der Waals surface area contributed by atoms with E-state index >= 15 is 0 Å². The lowest BCUT2D eigenvalue weighted by Crippen LogP contribution is -2.35. The van der Waals surface area contributed by atoms with E-state index < -0.39 is 9.39 Å². The van der Waals surface area contributed by atoms with E-state index in [-0.39, 0.29) is 0 Å². The summed E-state index contributed by atoms with van der Waals surface area (Å²) in [6.45, 7) is 2.86. The Hall–Kier alpha value is -0.150. The number of halogens is 3. The quantitative estimate of drug-likeness (QED) is 0.709. The normalized spacial score (nSPS) is 11.6. The van der Waals surface area contributed by atoms with E-state index in [4.69, 9.17) is 45.0 Å². The maximum absolute atomic E-state index is 8.96. The number of phenols is 1. The molecule has 86 valence electrons. The average Bonchev–Trinajstić information content (AvgIpc) is 2.02. The molecule has 0 spiro atoms. The first-order valence-electron chi connectivity index (χ1n) is 4.17. The number of aliphatic hydroxyl groups is 1. The summed E-state index contributed by atoms with van der Waals surface area (Å²) in [5, 5.41) is 17.6. The molecule has 0 aromatic heterocycles. The van der Waals surface area contributed by atoms with E-state index in [2.05, 4.69) is 0 Å². The van der Waals surface area contributed by atoms with Gasteiger partial charge in [-0.2, -0.15) is 0 Å². The molecule has 0 aliphatic carbocycles. The van der Waals surface area contributed by atoms with Crippen LogP contribution in [0.25, 0.3) is 0 Å². The third kappa shape index (κ3) is 6.85. The Bertz CT molecular complexity index is 263. The van der Waals surface area contributed by atoms with Gasteiger partial charge >= 0.3 is 0 Å². The van der Waals surface area contributed by atoms with E-state index in [1.807, 2.05) is 6.07 Å². The molecule has 0 bridgehead atoms. The second kappa shape index (κ2) is 5.80. The predicted octanol–water partition coefficient (Wildman–Crippen LogP) is 3.52. The molecule has 0 heterocycles. The zero-order valence-electron chi connectivity index (χ0n) is 8.42. The van der Waals surface area contributed by atoms with Crippen molar-refractivity contribution < 1.29 is 10.2 Å². The van der Waals surface area contributed by atoms with Gasteiger partial charge in [-0.1, -0.05) is 53.0 Å². The minimum Gasteiger partial charge on any atom is -0.508 e. The fourth-order valence-corrected chi connectivity index (χ4v) is 0.428. The molecule has 1 rings (SSSR count). The second-order valence-corrected chi connectivity index (χ2v) is 5.67. The molecule has 2 nitrogen and oxygen atoms in total. The van der Waals surface area contributed by atoms with Crippen LogP contribution in [0.2, 0.25) is 0 Å². The summed E-state index contributed by atoms with van der Waals surface area (Å²) in [6, 6.07) is 8.71. The number of phenolic OH excluding ortho intramolecular Hbond substituents is 1. The van der Waals surface area contributed by atoms with Crippen molar-refractivity contribution in [2.75, 3.05) is 0 Å². The van der Waals surface area contributed by atoms with Crippen molar-refractivity contribution in [3.05, 3.63) is 30.3 Å². The number of alkyl halides is 3. The lowest BCUT2D eigenvalue weighted by Gasteiger charge is -2.25. The van der Waals surface area contributed by atoms with E-state index in [1.54, 1.807) is 24.3 Å². The highest BCUT2D eigenvalue weighted by Crippen LogP contribution is 2.37. The van der Waals surface area contributed by atoms with Gasteiger partial charge in [0.2, 0.25) is 3.79 Å². The molecule has 0 unspecified atom stereocenters. The van der Waals surface area contributed by atoms with Crippen LogP contribution < -0.4 is 0 Å². The molecule has 0 aliphatic rings. The number of benzene rings is 1. The Morgan fingerprint density at radius 2 is 1.33 bits per heavy atom. The monoisotopic (exact) mass is 270 g/mol. The zero-order valence-corrected chi connectivity index (χ0v) is 10.7. The van der Waals surface area contributed by atoms with Gasteiger partial charge in [-0.15, -0.1) is 0 Å². The van der Waals surface area contributed by atoms with Gasteiger partial charge in [0.25, 0.3) is 0 Å². The van der Waals surface area contributed by atoms with Crippen molar-refractivity contribution in [1.29, 1.82) is 0 Å². The number of hydrogen-bond donors (Lipinski definition) is 2. The fraction of sp³-hybridized carbons (Fsp3) is 0.400. The lowest BCUT2D eigenvalue weighted by atomic mass is 10.2. The summed E-state index contributed by atoms with van der Waals surface area (Å²) >= 11 is 15.9. The number of hydrogen-bond acceptors (Lipinski definition) is 2. The summed E-state index contributed by atoms with van der Waals surface area (Å²) in [5.74, 6) is 0.322. The molecule has 0 radical (unpaired) electrons. The molecule has 5 heteroatoms.